The van der Waals surface area contributed by atoms with E-state index < -0.39 is 0 Å². The first kappa shape index (κ1) is 23.0. The number of carbonyl (C=O) groups excluding carboxylic acids is 1. The van der Waals surface area contributed by atoms with E-state index in [-0.39, 0.29) is 36.4 Å². The van der Waals surface area contributed by atoms with E-state index in [1.165, 1.54) is 5.69 Å². The van der Waals surface area contributed by atoms with Gasteiger partial charge in [0.05, 0.1) is 18.8 Å². The number of benzene rings is 1. The van der Waals surface area contributed by atoms with Gasteiger partial charge in [0.15, 0.2) is 5.96 Å². The zero-order valence-corrected chi connectivity index (χ0v) is 19.4. The fourth-order valence-electron chi connectivity index (χ4n) is 3.18. The standard InChI is InChI=1S/C20H29N7O.HI/c1-3-21-20(22-15-18-9-10-24-25(18)2)23-16-19(28)27-13-11-26(12-14-27)17-7-5-4-6-8-17;/h4-10H,3,11-16H2,1-2H3,(H2,21,22,23);1H. The van der Waals surface area contributed by atoms with Crippen LogP contribution >= 0.6 is 24.0 Å². The van der Waals surface area contributed by atoms with Gasteiger partial charge >= 0.3 is 0 Å². The van der Waals surface area contributed by atoms with Crippen molar-refractivity contribution in [2.75, 3.05) is 44.2 Å². The molecule has 1 aliphatic heterocycles. The first-order valence-corrected chi connectivity index (χ1v) is 9.74. The van der Waals surface area contributed by atoms with E-state index in [0.717, 1.165) is 38.4 Å². The van der Waals surface area contributed by atoms with Crippen LogP contribution in [0.3, 0.4) is 0 Å². The number of nitrogens with one attached hydrogen (secondary N) is 2. The van der Waals surface area contributed by atoms with Crippen LogP contribution in [0.25, 0.3) is 0 Å². The molecule has 1 aromatic heterocycles. The summed E-state index contributed by atoms with van der Waals surface area (Å²) in [5, 5.41) is 10.5. The minimum Gasteiger partial charge on any atom is -0.368 e. The van der Waals surface area contributed by atoms with Crippen molar-refractivity contribution in [3.63, 3.8) is 0 Å². The lowest BCUT2D eigenvalue weighted by Gasteiger charge is -2.36. The van der Waals surface area contributed by atoms with E-state index in [0.29, 0.717) is 12.5 Å². The van der Waals surface area contributed by atoms with Gasteiger partial charge in [0.25, 0.3) is 0 Å². The Morgan fingerprint density at radius 3 is 2.45 bits per heavy atom. The van der Waals surface area contributed by atoms with Crippen LogP contribution in [0.5, 0.6) is 0 Å². The molecule has 1 amide bonds. The van der Waals surface area contributed by atoms with Gasteiger partial charge in [-0.25, -0.2) is 4.99 Å². The SMILES string of the molecule is CCNC(=NCc1ccnn1C)NCC(=O)N1CCN(c2ccccc2)CC1.I. The van der Waals surface area contributed by atoms with Gasteiger partial charge in [0, 0.05) is 51.7 Å². The van der Waals surface area contributed by atoms with Gasteiger partial charge in [0.2, 0.25) is 5.91 Å². The van der Waals surface area contributed by atoms with Gasteiger partial charge in [0.1, 0.15) is 0 Å². The highest BCUT2D eigenvalue weighted by Crippen LogP contribution is 2.15. The summed E-state index contributed by atoms with van der Waals surface area (Å²) in [6, 6.07) is 12.3. The number of nitrogens with zero attached hydrogens (tertiary/aromatic N) is 5. The van der Waals surface area contributed by atoms with Gasteiger partial charge in [-0.2, -0.15) is 5.10 Å². The Labute approximate surface area is 189 Å². The number of hydrogen-bond donors (Lipinski definition) is 2. The van der Waals surface area contributed by atoms with E-state index in [4.69, 9.17) is 0 Å². The molecule has 0 saturated carbocycles. The number of aliphatic imine (C=N–C) groups is 1. The maximum atomic E-state index is 12.6. The highest BCUT2D eigenvalue weighted by molar-refractivity contribution is 14.0. The summed E-state index contributed by atoms with van der Waals surface area (Å²) in [6.45, 7) is 6.66. The zero-order valence-electron chi connectivity index (χ0n) is 17.0. The van der Waals surface area contributed by atoms with Gasteiger partial charge in [-0.05, 0) is 25.1 Å². The molecule has 0 unspecified atom stereocenters. The number of rotatable bonds is 6. The predicted molar refractivity (Wildman–Crippen MR) is 127 cm³/mol. The van der Waals surface area contributed by atoms with Crippen LogP contribution in [-0.4, -0.2) is 65.8 Å². The summed E-state index contributed by atoms with van der Waals surface area (Å²) in [5.74, 6) is 0.735. The lowest BCUT2D eigenvalue weighted by molar-refractivity contribution is -0.130. The molecule has 1 fully saturated rings. The topological polar surface area (TPSA) is 77.8 Å². The van der Waals surface area contributed by atoms with E-state index in [2.05, 4.69) is 37.8 Å². The summed E-state index contributed by atoms with van der Waals surface area (Å²) in [5.41, 5.74) is 2.23. The average Bonchev–Trinajstić information content (AvgIpc) is 3.15. The molecule has 0 bridgehead atoms. The molecular weight excluding hydrogens is 481 g/mol. The van der Waals surface area contributed by atoms with Crippen LogP contribution in [0.15, 0.2) is 47.6 Å². The highest BCUT2D eigenvalue weighted by Gasteiger charge is 2.21. The molecule has 2 heterocycles. The van der Waals surface area contributed by atoms with Crippen molar-refractivity contribution >= 4 is 41.5 Å². The number of para-hydroxylation sites is 1. The van der Waals surface area contributed by atoms with Crippen LogP contribution in [0.1, 0.15) is 12.6 Å². The summed E-state index contributed by atoms with van der Waals surface area (Å²) < 4.78 is 1.80. The van der Waals surface area contributed by atoms with Crippen molar-refractivity contribution < 1.29 is 4.79 Å². The van der Waals surface area contributed by atoms with E-state index in [1.54, 1.807) is 10.9 Å². The Bertz CT molecular complexity index is 785. The number of halogens is 1. The number of anilines is 1. The Morgan fingerprint density at radius 2 is 1.83 bits per heavy atom. The van der Waals surface area contributed by atoms with Crippen molar-refractivity contribution in [3.8, 4) is 0 Å². The molecular formula is C20H30IN7O. The maximum absolute atomic E-state index is 12.6. The number of hydrogen-bond acceptors (Lipinski definition) is 4. The summed E-state index contributed by atoms with van der Waals surface area (Å²) in [6.07, 6.45) is 1.75. The summed E-state index contributed by atoms with van der Waals surface area (Å²) in [7, 11) is 1.89. The fraction of sp³-hybridized carbons (Fsp3) is 0.450. The van der Waals surface area contributed by atoms with Gasteiger partial charge in [-0.3, -0.25) is 9.48 Å². The molecule has 8 nitrogen and oxygen atoms in total. The predicted octanol–water partition coefficient (Wildman–Crippen LogP) is 1.44. The van der Waals surface area contributed by atoms with Crippen molar-refractivity contribution in [1.82, 2.24) is 25.3 Å². The molecule has 2 N–H and O–H groups in total. The summed E-state index contributed by atoms with van der Waals surface area (Å²) >= 11 is 0. The van der Waals surface area contributed by atoms with Crippen LogP contribution in [-0.2, 0) is 18.4 Å². The molecule has 1 aliphatic rings. The minimum absolute atomic E-state index is 0. The number of aryl methyl sites for hydroxylation is 1. The quantitative estimate of drug-likeness (QED) is 0.349. The second-order valence-corrected chi connectivity index (χ2v) is 6.70. The average molecular weight is 511 g/mol. The van der Waals surface area contributed by atoms with E-state index >= 15 is 0 Å². The first-order chi connectivity index (χ1) is 13.7. The van der Waals surface area contributed by atoms with E-state index in [1.807, 2.05) is 43.1 Å². The van der Waals surface area contributed by atoms with Crippen molar-refractivity contribution in [3.05, 3.63) is 48.3 Å². The largest absolute Gasteiger partial charge is 0.368 e. The first-order valence-electron chi connectivity index (χ1n) is 9.74. The van der Waals surface area contributed by atoms with Crippen LogP contribution in [0, 0.1) is 0 Å². The molecule has 0 aliphatic carbocycles. The molecule has 9 heteroatoms. The molecule has 0 spiro atoms. The Morgan fingerprint density at radius 1 is 1.10 bits per heavy atom. The molecule has 2 aromatic rings. The molecule has 158 valence electrons. The number of aromatic nitrogens is 2. The maximum Gasteiger partial charge on any atom is 0.242 e. The zero-order chi connectivity index (χ0) is 19.8. The molecule has 0 atom stereocenters. The second-order valence-electron chi connectivity index (χ2n) is 6.70. The van der Waals surface area contributed by atoms with Gasteiger partial charge in [-0.15, -0.1) is 24.0 Å². The molecule has 3 rings (SSSR count). The monoisotopic (exact) mass is 511 g/mol. The third-order valence-electron chi connectivity index (χ3n) is 4.83. The lowest BCUT2D eigenvalue weighted by Crippen LogP contribution is -2.52. The third kappa shape index (κ3) is 6.62. The summed E-state index contributed by atoms with van der Waals surface area (Å²) in [4.78, 5) is 21.4. The molecule has 29 heavy (non-hydrogen) atoms. The van der Waals surface area contributed by atoms with Gasteiger partial charge in [-0.1, -0.05) is 18.2 Å². The fourth-order valence-corrected chi connectivity index (χ4v) is 3.18. The molecule has 0 radical (unpaired) electrons. The van der Waals surface area contributed by atoms with Gasteiger partial charge < -0.3 is 20.4 Å². The number of carbonyl (C=O) groups is 1. The minimum atomic E-state index is 0. The third-order valence-corrected chi connectivity index (χ3v) is 4.83. The highest BCUT2D eigenvalue weighted by atomic mass is 127. The van der Waals surface area contributed by atoms with E-state index in [9.17, 15) is 4.79 Å². The molecule has 1 aromatic carbocycles. The van der Waals surface area contributed by atoms with Crippen molar-refractivity contribution in [1.29, 1.82) is 0 Å². The Balaban J connectivity index is 0.00000300. The number of guanidine groups is 1. The van der Waals surface area contributed by atoms with Crippen molar-refractivity contribution in [2.45, 2.75) is 13.5 Å². The smallest absolute Gasteiger partial charge is 0.242 e. The Hall–Kier alpha value is -2.30. The number of piperazine rings is 1. The normalized spacial score (nSPS) is 14.3. The van der Waals surface area contributed by atoms with Crippen LogP contribution < -0.4 is 15.5 Å². The lowest BCUT2D eigenvalue weighted by atomic mass is 10.2. The van der Waals surface area contributed by atoms with Crippen LogP contribution in [0.2, 0.25) is 0 Å². The second kappa shape index (κ2) is 11.6. The number of amides is 1. The molecule has 1 saturated heterocycles. The Kier molecular flexibility index (Phi) is 9.23. The van der Waals surface area contributed by atoms with Crippen molar-refractivity contribution in [2.24, 2.45) is 12.0 Å². The van der Waals surface area contributed by atoms with Crippen LogP contribution in [0.4, 0.5) is 5.69 Å².